The second-order valence-electron chi connectivity index (χ2n) is 5.49. The smallest absolute Gasteiger partial charge is 0.242 e. The molecule has 0 saturated carbocycles. The zero-order valence-corrected chi connectivity index (χ0v) is 12.0. The third-order valence-corrected chi connectivity index (χ3v) is 4.28. The molecule has 1 aliphatic heterocycles. The zero-order chi connectivity index (χ0) is 12.5. The highest BCUT2D eigenvalue weighted by Gasteiger charge is 2.40. The van der Waals surface area contributed by atoms with Gasteiger partial charge in [-0.15, -0.1) is 0 Å². The van der Waals surface area contributed by atoms with Gasteiger partial charge in [-0.1, -0.05) is 43.6 Å². The SMILES string of the molecule is CCC(Br)C(=O)N1CC(C(C)(C)C)CC1=O. The molecule has 0 aliphatic carbocycles. The normalized spacial score (nSPS) is 23.7. The molecule has 2 unspecified atom stereocenters. The van der Waals surface area contributed by atoms with Gasteiger partial charge in [-0.2, -0.15) is 0 Å². The van der Waals surface area contributed by atoms with E-state index in [1.165, 1.54) is 4.90 Å². The molecule has 0 bridgehead atoms. The second-order valence-corrected chi connectivity index (χ2v) is 6.59. The van der Waals surface area contributed by atoms with Crippen LogP contribution < -0.4 is 0 Å². The van der Waals surface area contributed by atoms with E-state index in [-0.39, 0.29) is 28.0 Å². The molecular weight excluding hydrogens is 270 g/mol. The van der Waals surface area contributed by atoms with Gasteiger partial charge in [0.25, 0.3) is 0 Å². The first-order chi connectivity index (χ1) is 7.27. The topological polar surface area (TPSA) is 37.4 Å². The Bertz CT molecular complexity index is 296. The maximum Gasteiger partial charge on any atom is 0.242 e. The molecule has 0 aromatic rings. The van der Waals surface area contributed by atoms with E-state index in [9.17, 15) is 9.59 Å². The van der Waals surface area contributed by atoms with Gasteiger partial charge in [0.1, 0.15) is 0 Å². The number of likely N-dealkylation sites (tertiary alicyclic amines) is 1. The maximum atomic E-state index is 11.9. The molecule has 0 radical (unpaired) electrons. The highest BCUT2D eigenvalue weighted by Crippen LogP contribution is 2.34. The number of amides is 2. The molecule has 2 amide bonds. The number of halogens is 1. The van der Waals surface area contributed by atoms with Crippen molar-refractivity contribution < 1.29 is 9.59 Å². The number of carbonyl (C=O) groups excluding carboxylic acids is 2. The minimum Gasteiger partial charge on any atom is -0.281 e. The van der Waals surface area contributed by atoms with Crippen molar-refractivity contribution in [3.05, 3.63) is 0 Å². The lowest BCUT2D eigenvalue weighted by molar-refractivity contribution is -0.141. The first-order valence-corrected chi connectivity index (χ1v) is 6.67. The molecule has 16 heavy (non-hydrogen) atoms. The average molecular weight is 290 g/mol. The number of imide groups is 1. The van der Waals surface area contributed by atoms with Crippen LogP contribution in [0.3, 0.4) is 0 Å². The lowest BCUT2D eigenvalue weighted by Gasteiger charge is -2.26. The van der Waals surface area contributed by atoms with Crippen molar-refractivity contribution in [3.63, 3.8) is 0 Å². The summed E-state index contributed by atoms with van der Waals surface area (Å²) in [6.45, 7) is 8.85. The van der Waals surface area contributed by atoms with E-state index in [1.54, 1.807) is 0 Å². The Kier molecular flexibility index (Phi) is 4.16. The Morgan fingerprint density at radius 3 is 2.50 bits per heavy atom. The average Bonchev–Trinajstić information content (AvgIpc) is 2.57. The van der Waals surface area contributed by atoms with Gasteiger partial charge in [-0.25, -0.2) is 0 Å². The van der Waals surface area contributed by atoms with Crippen molar-refractivity contribution in [1.29, 1.82) is 0 Å². The van der Waals surface area contributed by atoms with Crippen LogP contribution in [-0.4, -0.2) is 28.1 Å². The van der Waals surface area contributed by atoms with Crippen LogP contribution in [0.15, 0.2) is 0 Å². The Hall–Kier alpha value is -0.380. The molecule has 3 nitrogen and oxygen atoms in total. The van der Waals surface area contributed by atoms with Crippen LogP contribution in [0.1, 0.15) is 40.5 Å². The van der Waals surface area contributed by atoms with Crippen molar-refractivity contribution in [2.75, 3.05) is 6.54 Å². The molecule has 1 heterocycles. The standard InChI is InChI=1S/C12H20BrNO2/c1-5-9(13)11(16)14-7-8(6-10(14)15)12(2,3)4/h8-9H,5-7H2,1-4H3. The van der Waals surface area contributed by atoms with Crippen LogP contribution in [0.5, 0.6) is 0 Å². The summed E-state index contributed by atoms with van der Waals surface area (Å²) in [6, 6.07) is 0. The largest absolute Gasteiger partial charge is 0.281 e. The minimum absolute atomic E-state index is 0.0252. The molecule has 1 rings (SSSR count). The summed E-state index contributed by atoms with van der Waals surface area (Å²) >= 11 is 3.31. The Morgan fingerprint density at radius 2 is 2.12 bits per heavy atom. The quantitative estimate of drug-likeness (QED) is 0.733. The van der Waals surface area contributed by atoms with Gasteiger partial charge in [0, 0.05) is 13.0 Å². The first-order valence-electron chi connectivity index (χ1n) is 5.75. The number of nitrogens with zero attached hydrogens (tertiary/aromatic N) is 1. The van der Waals surface area contributed by atoms with Gasteiger partial charge >= 0.3 is 0 Å². The Morgan fingerprint density at radius 1 is 1.56 bits per heavy atom. The maximum absolute atomic E-state index is 11.9. The third kappa shape index (κ3) is 2.84. The summed E-state index contributed by atoms with van der Waals surface area (Å²) in [6.07, 6.45) is 1.21. The molecule has 0 aromatic carbocycles. The molecule has 0 spiro atoms. The lowest BCUT2D eigenvalue weighted by atomic mass is 9.80. The monoisotopic (exact) mass is 289 g/mol. The van der Waals surface area contributed by atoms with E-state index >= 15 is 0 Å². The summed E-state index contributed by atoms with van der Waals surface area (Å²) in [5.74, 6) is 0.169. The summed E-state index contributed by atoms with van der Waals surface area (Å²) < 4.78 is 0. The highest BCUT2D eigenvalue weighted by molar-refractivity contribution is 9.10. The predicted molar refractivity (Wildman–Crippen MR) is 67.3 cm³/mol. The van der Waals surface area contributed by atoms with E-state index in [0.29, 0.717) is 19.4 Å². The summed E-state index contributed by atoms with van der Waals surface area (Å²) in [5, 5.41) is 0. The zero-order valence-electron chi connectivity index (χ0n) is 10.4. The molecule has 1 aliphatic rings. The minimum atomic E-state index is -0.227. The lowest BCUT2D eigenvalue weighted by Crippen LogP contribution is -2.38. The third-order valence-electron chi connectivity index (χ3n) is 3.24. The van der Waals surface area contributed by atoms with Gasteiger partial charge in [-0.05, 0) is 17.8 Å². The summed E-state index contributed by atoms with van der Waals surface area (Å²) in [7, 11) is 0. The van der Waals surface area contributed by atoms with Gasteiger partial charge < -0.3 is 0 Å². The summed E-state index contributed by atoms with van der Waals surface area (Å²) in [5.41, 5.74) is 0.0821. The fourth-order valence-corrected chi connectivity index (χ4v) is 2.09. The molecule has 2 atom stereocenters. The van der Waals surface area contributed by atoms with Crippen LogP contribution in [0.4, 0.5) is 0 Å². The van der Waals surface area contributed by atoms with E-state index in [1.807, 2.05) is 6.92 Å². The fraction of sp³-hybridized carbons (Fsp3) is 0.833. The molecule has 1 saturated heterocycles. The van der Waals surface area contributed by atoms with E-state index in [2.05, 4.69) is 36.7 Å². The molecular formula is C12H20BrNO2. The van der Waals surface area contributed by atoms with Gasteiger partial charge in [0.2, 0.25) is 11.8 Å². The summed E-state index contributed by atoms with van der Waals surface area (Å²) in [4.78, 5) is 24.9. The van der Waals surface area contributed by atoms with Crippen LogP contribution in [-0.2, 0) is 9.59 Å². The first kappa shape index (κ1) is 13.7. The second kappa shape index (κ2) is 4.86. The number of hydrogen-bond acceptors (Lipinski definition) is 2. The number of rotatable bonds is 2. The van der Waals surface area contributed by atoms with Gasteiger partial charge in [0.15, 0.2) is 0 Å². The predicted octanol–water partition coefficient (Wildman–Crippen LogP) is 2.58. The van der Waals surface area contributed by atoms with Crippen molar-refractivity contribution in [3.8, 4) is 0 Å². The molecule has 4 heteroatoms. The molecule has 1 fully saturated rings. The van der Waals surface area contributed by atoms with E-state index < -0.39 is 0 Å². The molecule has 0 N–H and O–H groups in total. The molecule has 0 aromatic heterocycles. The van der Waals surface area contributed by atoms with E-state index in [4.69, 9.17) is 0 Å². The number of hydrogen-bond donors (Lipinski definition) is 0. The van der Waals surface area contributed by atoms with Gasteiger partial charge in [-0.3, -0.25) is 14.5 Å². The van der Waals surface area contributed by atoms with Crippen molar-refractivity contribution in [1.82, 2.24) is 4.90 Å². The van der Waals surface area contributed by atoms with Crippen LogP contribution in [0.2, 0.25) is 0 Å². The van der Waals surface area contributed by atoms with Crippen LogP contribution >= 0.6 is 15.9 Å². The number of carbonyl (C=O) groups is 2. The van der Waals surface area contributed by atoms with Gasteiger partial charge in [0.05, 0.1) is 4.83 Å². The Labute approximate surface area is 106 Å². The van der Waals surface area contributed by atoms with E-state index in [0.717, 1.165) is 0 Å². The van der Waals surface area contributed by atoms with Crippen LogP contribution in [0.25, 0.3) is 0 Å². The van der Waals surface area contributed by atoms with Crippen molar-refractivity contribution in [2.45, 2.75) is 45.4 Å². The fourth-order valence-electron chi connectivity index (χ4n) is 1.84. The number of alkyl halides is 1. The highest BCUT2D eigenvalue weighted by atomic mass is 79.9. The van der Waals surface area contributed by atoms with Crippen molar-refractivity contribution in [2.24, 2.45) is 11.3 Å². The Balaban J connectivity index is 2.72. The van der Waals surface area contributed by atoms with Crippen molar-refractivity contribution >= 4 is 27.7 Å². The molecule has 92 valence electrons. The van der Waals surface area contributed by atoms with Crippen LogP contribution in [0, 0.1) is 11.3 Å².